The van der Waals surface area contributed by atoms with Gasteiger partial charge in [0, 0.05) is 30.5 Å². The van der Waals surface area contributed by atoms with Gasteiger partial charge in [0.05, 0.1) is 11.9 Å². The van der Waals surface area contributed by atoms with Crippen molar-refractivity contribution in [2.45, 2.75) is 60.0 Å². The first-order valence-corrected chi connectivity index (χ1v) is 14.8. The largest absolute Gasteiger partial charge is 0.354 e. The van der Waals surface area contributed by atoms with Gasteiger partial charge in [-0.1, -0.05) is 54.0 Å². The van der Waals surface area contributed by atoms with E-state index in [4.69, 9.17) is 0 Å². The lowest BCUT2D eigenvalue weighted by Crippen LogP contribution is -2.48. The number of nitrogens with zero attached hydrogens (tertiary/aromatic N) is 2. The van der Waals surface area contributed by atoms with Gasteiger partial charge in [0.25, 0.3) is 0 Å². The summed E-state index contributed by atoms with van der Waals surface area (Å²) < 4.78 is 27.4. The number of halogens is 1. The monoisotopic (exact) mass is 579 g/mol. The SMILES string of the molecule is Cc1ccc(C)c(N(CCCC(=O)N(Cc2ccc(Br)cc2)[C@@H](C)C(=O)NCC(C)C)S(C)(=O)=O)c1. The van der Waals surface area contributed by atoms with E-state index in [1.807, 2.05) is 70.2 Å². The quantitative estimate of drug-likeness (QED) is 0.391. The maximum atomic E-state index is 13.4. The van der Waals surface area contributed by atoms with E-state index in [1.54, 1.807) is 11.8 Å². The number of hydrogen-bond acceptors (Lipinski definition) is 4. The second-order valence-electron chi connectivity index (χ2n) is 9.69. The van der Waals surface area contributed by atoms with Crippen molar-refractivity contribution in [2.24, 2.45) is 5.92 Å². The van der Waals surface area contributed by atoms with Crippen molar-refractivity contribution < 1.29 is 18.0 Å². The Morgan fingerprint density at radius 2 is 1.67 bits per heavy atom. The van der Waals surface area contributed by atoms with E-state index < -0.39 is 16.1 Å². The normalized spacial score (nSPS) is 12.3. The van der Waals surface area contributed by atoms with E-state index in [1.165, 1.54) is 10.6 Å². The Hall–Kier alpha value is -2.39. The molecule has 198 valence electrons. The van der Waals surface area contributed by atoms with Gasteiger partial charge in [-0.25, -0.2) is 8.42 Å². The Bertz CT molecular complexity index is 1150. The number of carbonyl (C=O) groups is 2. The zero-order valence-electron chi connectivity index (χ0n) is 22.0. The predicted octanol–water partition coefficient (Wildman–Crippen LogP) is 4.80. The molecule has 0 aliphatic carbocycles. The summed E-state index contributed by atoms with van der Waals surface area (Å²) >= 11 is 3.42. The second-order valence-corrected chi connectivity index (χ2v) is 12.5. The van der Waals surface area contributed by atoms with Crippen molar-refractivity contribution in [2.75, 3.05) is 23.7 Å². The average molecular weight is 581 g/mol. The van der Waals surface area contributed by atoms with Crippen molar-refractivity contribution in [3.8, 4) is 0 Å². The van der Waals surface area contributed by atoms with Gasteiger partial charge in [-0.2, -0.15) is 0 Å². The molecule has 36 heavy (non-hydrogen) atoms. The van der Waals surface area contributed by atoms with Crippen molar-refractivity contribution in [3.05, 3.63) is 63.6 Å². The minimum Gasteiger partial charge on any atom is -0.354 e. The Morgan fingerprint density at radius 1 is 1.03 bits per heavy atom. The lowest BCUT2D eigenvalue weighted by molar-refractivity contribution is -0.140. The minimum atomic E-state index is -3.53. The fraction of sp³-hybridized carbons (Fsp3) is 0.481. The highest BCUT2D eigenvalue weighted by molar-refractivity contribution is 9.10. The van der Waals surface area contributed by atoms with Gasteiger partial charge >= 0.3 is 0 Å². The van der Waals surface area contributed by atoms with Crippen molar-refractivity contribution in [1.29, 1.82) is 0 Å². The molecule has 0 aliphatic rings. The van der Waals surface area contributed by atoms with Gasteiger partial charge in [0.15, 0.2) is 0 Å². The van der Waals surface area contributed by atoms with E-state index in [0.29, 0.717) is 24.6 Å². The molecule has 7 nitrogen and oxygen atoms in total. The number of amides is 2. The molecule has 0 spiro atoms. The molecule has 2 amide bonds. The maximum absolute atomic E-state index is 13.4. The molecule has 2 aromatic rings. The van der Waals surface area contributed by atoms with Crippen LogP contribution in [0.3, 0.4) is 0 Å². The third-order valence-corrected chi connectivity index (χ3v) is 7.61. The fourth-order valence-electron chi connectivity index (χ4n) is 3.79. The predicted molar refractivity (Wildman–Crippen MR) is 149 cm³/mol. The highest BCUT2D eigenvalue weighted by Crippen LogP contribution is 2.25. The third-order valence-electron chi connectivity index (χ3n) is 5.90. The van der Waals surface area contributed by atoms with Crippen molar-refractivity contribution in [1.82, 2.24) is 10.2 Å². The molecule has 0 saturated carbocycles. The average Bonchev–Trinajstić information content (AvgIpc) is 2.80. The van der Waals surface area contributed by atoms with E-state index in [2.05, 4.69) is 21.2 Å². The van der Waals surface area contributed by atoms with Crippen LogP contribution in [0.1, 0.15) is 50.3 Å². The van der Waals surface area contributed by atoms with Gasteiger partial charge in [-0.05, 0) is 68.0 Å². The van der Waals surface area contributed by atoms with Crippen LogP contribution >= 0.6 is 15.9 Å². The third kappa shape index (κ3) is 8.92. The number of rotatable bonds is 12. The zero-order chi connectivity index (χ0) is 27.0. The zero-order valence-corrected chi connectivity index (χ0v) is 24.4. The Kier molecular flexibility index (Phi) is 11.0. The molecule has 0 saturated heterocycles. The summed E-state index contributed by atoms with van der Waals surface area (Å²) in [5, 5.41) is 2.91. The first-order chi connectivity index (χ1) is 16.8. The minimum absolute atomic E-state index is 0.120. The summed E-state index contributed by atoms with van der Waals surface area (Å²) in [4.78, 5) is 27.7. The number of aryl methyl sites for hydroxylation is 2. The molecule has 1 atom stereocenters. The van der Waals surface area contributed by atoms with Gasteiger partial charge < -0.3 is 10.2 Å². The molecule has 2 rings (SSSR count). The molecule has 0 bridgehead atoms. The number of sulfonamides is 1. The molecule has 0 fully saturated rings. The number of hydrogen-bond donors (Lipinski definition) is 1. The maximum Gasteiger partial charge on any atom is 0.242 e. The summed E-state index contributed by atoms with van der Waals surface area (Å²) in [7, 11) is -3.53. The number of benzene rings is 2. The fourth-order valence-corrected chi connectivity index (χ4v) is 5.07. The van der Waals surface area contributed by atoms with E-state index >= 15 is 0 Å². The second kappa shape index (κ2) is 13.2. The lowest BCUT2D eigenvalue weighted by Gasteiger charge is -2.30. The van der Waals surface area contributed by atoms with E-state index in [-0.39, 0.29) is 31.3 Å². The topological polar surface area (TPSA) is 86.8 Å². The van der Waals surface area contributed by atoms with Crippen LogP contribution in [0.2, 0.25) is 0 Å². The van der Waals surface area contributed by atoms with Gasteiger partial charge in [0.2, 0.25) is 21.8 Å². The molecule has 0 aliphatic heterocycles. The van der Waals surface area contributed by atoms with E-state index in [9.17, 15) is 18.0 Å². The molecule has 0 aromatic heterocycles. The molecule has 1 N–H and O–H groups in total. The van der Waals surface area contributed by atoms with Crippen LogP contribution in [0, 0.1) is 19.8 Å². The summed E-state index contributed by atoms with van der Waals surface area (Å²) in [6, 6.07) is 12.6. The molecule has 9 heteroatoms. The van der Waals surface area contributed by atoms with Crippen LogP contribution in [0.15, 0.2) is 46.9 Å². The molecule has 0 unspecified atom stereocenters. The molecule has 2 aromatic carbocycles. The van der Waals surface area contributed by atoms with Crippen LogP contribution in [0.5, 0.6) is 0 Å². The summed E-state index contributed by atoms with van der Waals surface area (Å²) in [5.74, 6) is -0.106. The van der Waals surface area contributed by atoms with Gasteiger partial charge in [-0.15, -0.1) is 0 Å². The van der Waals surface area contributed by atoms with Crippen LogP contribution < -0.4 is 9.62 Å². The molecule has 0 heterocycles. The molecular weight excluding hydrogens is 542 g/mol. The Labute approximate surface area is 224 Å². The molecule has 0 radical (unpaired) electrons. The number of carbonyl (C=O) groups excluding carboxylic acids is 2. The highest BCUT2D eigenvalue weighted by Gasteiger charge is 2.27. The number of anilines is 1. The van der Waals surface area contributed by atoms with Gasteiger partial charge in [0.1, 0.15) is 6.04 Å². The van der Waals surface area contributed by atoms with Crippen LogP contribution in [-0.4, -0.2) is 50.5 Å². The number of nitrogens with one attached hydrogen (secondary N) is 1. The van der Waals surface area contributed by atoms with Crippen molar-refractivity contribution in [3.63, 3.8) is 0 Å². The first kappa shape index (κ1) is 29.8. The Balaban J connectivity index is 2.18. The summed E-state index contributed by atoms with van der Waals surface area (Å²) in [6.07, 6.45) is 1.63. The lowest BCUT2D eigenvalue weighted by atomic mass is 10.1. The first-order valence-electron chi connectivity index (χ1n) is 12.2. The Morgan fingerprint density at radius 3 is 2.25 bits per heavy atom. The van der Waals surface area contributed by atoms with Crippen LogP contribution in [-0.2, 0) is 26.2 Å². The van der Waals surface area contributed by atoms with Gasteiger partial charge in [-0.3, -0.25) is 13.9 Å². The van der Waals surface area contributed by atoms with Crippen molar-refractivity contribution >= 4 is 43.5 Å². The highest BCUT2D eigenvalue weighted by atomic mass is 79.9. The summed E-state index contributed by atoms with van der Waals surface area (Å²) in [6.45, 7) is 10.5. The summed E-state index contributed by atoms with van der Waals surface area (Å²) in [5.41, 5.74) is 3.34. The molecular formula is C27H38BrN3O4S. The van der Waals surface area contributed by atoms with Crippen LogP contribution in [0.4, 0.5) is 5.69 Å². The van der Waals surface area contributed by atoms with Crippen LogP contribution in [0.25, 0.3) is 0 Å². The van der Waals surface area contributed by atoms with E-state index in [0.717, 1.165) is 21.2 Å². The smallest absolute Gasteiger partial charge is 0.242 e. The standard InChI is InChI=1S/C27H38BrN3O4S/c1-19(2)17-29-27(33)22(5)30(18-23-11-13-24(28)14-12-23)26(32)8-7-15-31(36(6,34)35)25-16-20(3)9-10-21(25)4/h9-14,16,19,22H,7-8,15,17-18H2,1-6H3,(H,29,33)/t22-/m0/s1.